The van der Waals surface area contributed by atoms with Gasteiger partial charge in [-0.15, -0.1) is 5.10 Å². The fraction of sp³-hybridized carbons (Fsp3) is 0.529. The molecule has 1 atom stereocenters. The first-order valence-corrected chi connectivity index (χ1v) is 9.33. The van der Waals surface area contributed by atoms with Gasteiger partial charge in [-0.2, -0.15) is 0 Å². The molecule has 0 saturated carbocycles. The first-order valence-electron chi connectivity index (χ1n) is 8.35. The summed E-state index contributed by atoms with van der Waals surface area (Å²) in [6.45, 7) is 4.17. The van der Waals surface area contributed by atoms with Crippen LogP contribution in [0.1, 0.15) is 50.5 Å². The molecule has 0 aliphatic heterocycles. The van der Waals surface area contributed by atoms with E-state index in [1.165, 1.54) is 11.8 Å². The molecule has 0 fully saturated rings. The van der Waals surface area contributed by atoms with E-state index in [4.69, 9.17) is 0 Å². The van der Waals surface area contributed by atoms with Crippen LogP contribution in [0, 0.1) is 0 Å². The number of aromatic amines is 1. The molecule has 2 aromatic heterocycles. The summed E-state index contributed by atoms with van der Waals surface area (Å²) in [7, 11) is 1.87. The quantitative estimate of drug-likeness (QED) is 0.705. The number of unbranched alkanes of at least 4 members (excludes halogenated alkanes) is 1. The lowest BCUT2D eigenvalue weighted by Crippen LogP contribution is -2.32. The van der Waals surface area contributed by atoms with Crippen LogP contribution in [0.2, 0.25) is 0 Å². The predicted molar refractivity (Wildman–Crippen MR) is 95.8 cm³/mol. The number of carbonyl (C=O) groups excluding carboxylic acids is 1. The molecular formula is C17H25N5OS. The Balaban J connectivity index is 1.99. The molecule has 1 N–H and O–H groups in total. The SMILES string of the molecule is CCCC[C@@H](c1cccnc1)N(C)C(=O)CSc1n[nH]c(CC)n1. The Morgan fingerprint density at radius 1 is 1.42 bits per heavy atom. The minimum absolute atomic E-state index is 0.0603. The minimum Gasteiger partial charge on any atom is -0.338 e. The molecule has 0 aromatic carbocycles. The molecule has 0 unspecified atom stereocenters. The number of hydrogen-bond donors (Lipinski definition) is 1. The van der Waals surface area contributed by atoms with Gasteiger partial charge in [0.2, 0.25) is 11.1 Å². The Hall–Kier alpha value is -1.89. The fourth-order valence-electron chi connectivity index (χ4n) is 2.46. The molecule has 1 amide bonds. The van der Waals surface area contributed by atoms with E-state index in [-0.39, 0.29) is 11.9 Å². The van der Waals surface area contributed by atoms with Crippen molar-refractivity contribution in [3.05, 3.63) is 35.9 Å². The van der Waals surface area contributed by atoms with Crippen LogP contribution in [0.15, 0.2) is 29.7 Å². The third-order valence-corrected chi connectivity index (χ3v) is 4.76. The molecule has 130 valence electrons. The summed E-state index contributed by atoms with van der Waals surface area (Å²) in [6, 6.07) is 4.01. The zero-order valence-corrected chi connectivity index (χ0v) is 15.3. The van der Waals surface area contributed by atoms with Gasteiger partial charge in [0, 0.05) is 25.9 Å². The van der Waals surface area contributed by atoms with Crippen molar-refractivity contribution in [1.82, 2.24) is 25.1 Å². The molecule has 0 saturated heterocycles. The number of carbonyl (C=O) groups is 1. The van der Waals surface area contributed by atoms with Gasteiger partial charge in [0.1, 0.15) is 5.82 Å². The summed E-state index contributed by atoms with van der Waals surface area (Å²) in [5.41, 5.74) is 1.08. The molecule has 0 aliphatic carbocycles. The van der Waals surface area contributed by atoms with E-state index in [0.29, 0.717) is 10.9 Å². The van der Waals surface area contributed by atoms with Crippen molar-refractivity contribution in [2.24, 2.45) is 0 Å². The summed E-state index contributed by atoms with van der Waals surface area (Å²) >= 11 is 1.37. The maximum atomic E-state index is 12.6. The third kappa shape index (κ3) is 5.06. The number of pyridine rings is 1. The van der Waals surface area contributed by atoms with E-state index in [9.17, 15) is 4.79 Å². The van der Waals surface area contributed by atoms with Gasteiger partial charge >= 0.3 is 0 Å². The number of amides is 1. The number of aromatic nitrogens is 4. The van der Waals surface area contributed by atoms with E-state index < -0.39 is 0 Å². The molecule has 7 heteroatoms. The van der Waals surface area contributed by atoms with E-state index >= 15 is 0 Å². The lowest BCUT2D eigenvalue weighted by atomic mass is 10.0. The largest absolute Gasteiger partial charge is 0.338 e. The number of rotatable bonds is 9. The average Bonchev–Trinajstić information content (AvgIpc) is 3.09. The zero-order valence-electron chi connectivity index (χ0n) is 14.5. The summed E-state index contributed by atoms with van der Waals surface area (Å²) in [5.74, 6) is 1.25. The van der Waals surface area contributed by atoms with Gasteiger partial charge in [0.05, 0.1) is 11.8 Å². The maximum absolute atomic E-state index is 12.6. The number of nitrogens with one attached hydrogen (secondary N) is 1. The topological polar surface area (TPSA) is 74.8 Å². The van der Waals surface area contributed by atoms with Gasteiger partial charge < -0.3 is 4.90 Å². The van der Waals surface area contributed by atoms with Crippen LogP contribution >= 0.6 is 11.8 Å². The third-order valence-electron chi connectivity index (χ3n) is 3.93. The van der Waals surface area contributed by atoms with Crippen LogP contribution in [-0.2, 0) is 11.2 Å². The van der Waals surface area contributed by atoms with Crippen molar-refractivity contribution in [2.45, 2.75) is 50.7 Å². The van der Waals surface area contributed by atoms with E-state index in [1.807, 2.05) is 37.2 Å². The Labute approximate surface area is 147 Å². The second kappa shape index (κ2) is 9.42. The highest BCUT2D eigenvalue weighted by Gasteiger charge is 2.22. The molecule has 2 heterocycles. The number of aryl methyl sites for hydroxylation is 1. The lowest BCUT2D eigenvalue weighted by molar-refractivity contribution is -0.129. The van der Waals surface area contributed by atoms with Crippen molar-refractivity contribution < 1.29 is 4.79 Å². The molecule has 0 radical (unpaired) electrons. The monoisotopic (exact) mass is 347 g/mol. The number of thioether (sulfide) groups is 1. The second-order valence-corrected chi connectivity index (χ2v) is 6.60. The number of hydrogen-bond acceptors (Lipinski definition) is 5. The highest BCUT2D eigenvalue weighted by molar-refractivity contribution is 7.99. The van der Waals surface area contributed by atoms with Gasteiger partial charge in [-0.1, -0.05) is 44.5 Å². The van der Waals surface area contributed by atoms with Crippen LogP contribution < -0.4 is 0 Å². The molecule has 0 spiro atoms. The first-order chi connectivity index (χ1) is 11.7. The van der Waals surface area contributed by atoms with Gasteiger partial charge in [0.25, 0.3) is 0 Å². The Morgan fingerprint density at radius 2 is 2.25 bits per heavy atom. The van der Waals surface area contributed by atoms with E-state index in [2.05, 4.69) is 27.1 Å². The van der Waals surface area contributed by atoms with Crippen molar-refractivity contribution in [3.63, 3.8) is 0 Å². The van der Waals surface area contributed by atoms with Crippen molar-refractivity contribution >= 4 is 17.7 Å². The Bertz CT molecular complexity index is 631. The maximum Gasteiger partial charge on any atom is 0.233 e. The summed E-state index contributed by atoms with van der Waals surface area (Å²) in [4.78, 5) is 22.9. The summed E-state index contributed by atoms with van der Waals surface area (Å²) in [5, 5.41) is 7.61. The second-order valence-electron chi connectivity index (χ2n) is 5.66. The van der Waals surface area contributed by atoms with Crippen molar-refractivity contribution in [3.8, 4) is 0 Å². The highest BCUT2D eigenvalue weighted by Crippen LogP contribution is 2.26. The summed E-state index contributed by atoms with van der Waals surface area (Å²) < 4.78 is 0. The lowest BCUT2D eigenvalue weighted by Gasteiger charge is -2.28. The Kier molecular flexibility index (Phi) is 7.24. The van der Waals surface area contributed by atoms with Crippen LogP contribution in [-0.4, -0.2) is 43.8 Å². The molecule has 2 aromatic rings. The van der Waals surface area contributed by atoms with Gasteiger partial charge in [-0.3, -0.25) is 14.9 Å². The fourth-order valence-corrected chi connectivity index (χ4v) is 3.20. The van der Waals surface area contributed by atoms with Crippen LogP contribution in [0.4, 0.5) is 0 Å². The molecule has 6 nitrogen and oxygen atoms in total. The molecule has 0 bridgehead atoms. The Morgan fingerprint density at radius 3 is 2.88 bits per heavy atom. The van der Waals surface area contributed by atoms with E-state index in [0.717, 1.165) is 37.1 Å². The van der Waals surface area contributed by atoms with E-state index in [1.54, 1.807) is 6.20 Å². The molecular weight excluding hydrogens is 322 g/mol. The minimum atomic E-state index is 0.0603. The summed E-state index contributed by atoms with van der Waals surface area (Å²) in [6.07, 6.45) is 7.53. The molecule has 0 aliphatic rings. The highest BCUT2D eigenvalue weighted by atomic mass is 32.2. The van der Waals surface area contributed by atoms with Gasteiger partial charge in [-0.25, -0.2) is 4.98 Å². The number of nitrogens with zero attached hydrogens (tertiary/aromatic N) is 4. The molecule has 24 heavy (non-hydrogen) atoms. The average molecular weight is 347 g/mol. The molecule has 2 rings (SSSR count). The normalized spacial score (nSPS) is 12.1. The van der Waals surface area contributed by atoms with Crippen LogP contribution in [0.3, 0.4) is 0 Å². The van der Waals surface area contributed by atoms with Crippen LogP contribution in [0.25, 0.3) is 0 Å². The van der Waals surface area contributed by atoms with Crippen molar-refractivity contribution in [1.29, 1.82) is 0 Å². The zero-order chi connectivity index (χ0) is 17.4. The van der Waals surface area contributed by atoms with Gasteiger partial charge in [0.15, 0.2) is 0 Å². The number of H-pyrrole nitrogens is 1. The van der Waals surface area contributed by atoms with Crippen LogP contribution in [0.5, 0.6) is 0 Å². The van der Waals surface area contributed by atoms with Gasteiger partial charge in [-0.05, 0) is 18.1 Å². The first kappa shape index (κ1) is 18.4. The standard InChI is InChI=1S/C17H25N5OS/c1-4-6-9-14(13-8-7-10-18-11-13)22(3)16(23)12-24-17-19-15(5-2)20-21-17/h7-8,10-11,14H,4-6,9,12H2,1-3H3,(H,19,20,21)/t14-/m0/s1. The smallest absolute Gasteiger partial charge is 0.233 e. The predicted octanol–water partition coefficient (Wildman–Crippen LogP) is 3.24. The van der Waals surface area contributed by atoms with Crippen molar-refractivity contribution in [2.75, 3.05) is 12.8 Å².